The minimum absolute atomic E-state index is 0. The standard InChI is InChI=1S/C4H10O.Ga.5H/c1-4(2,3)5;;;;;;/h5H,1-3H3;;;;;;/q;;;;;2*-1. The third-order valence-electron chi connectivity index (χ3n) is 0. The molecular formula is C4H15GaO-2. The van der Waals surface area contributed by atoms with Crippen LogP contribution in [0.25, 0.3) is 0 Å². The molecule has 0 atom stereocenters. The van der Waals surface area contributed by atoms with E-state index in [1.54, 1.807) is 20.8 Å². The molecule has 0 aromatic rings. The summed E-state index contributed by atoms with van der Waals surface area (Å²) in [6.45, 7) is 5.23. The Morgan fingerprint density at radius 2 is 1.33 bits per heavy atom. The normalized spacial score (nSPS) is 10.0. The van der Waals surface area contributed by atoms with Gasteiger partial charge in [-0.25, -0.2) is 0 Å². The van der Waals surface area contributed by atoms with Crippen molar-refractivity contribution in [2.75, 3.05) is 0 Å². The molecule has 0 fully saturated rings. The van der Waals surface area contributed by atoms with E-state index in [9.17, 15) is 0 Å². The van der Waals surface area contributed by atoms with E-state index in [1.165, 1.54) is 0 Å². The van der Waals surface area contributed by atoms with Crippen molar-refractivity contribution in [1.29, 1.82) is 0 Å². The van der Waals surface area contributed by atoms with Crippen LogP contribution in [0.3, 0.4) is 0 Å². The van der Waals surface area contributed by atoms with Crippen LogP contribution in [-0.4, -0.2) is 30.5 Å². The van der Waals surface area contributed by atoms with Gasteiger partial charge >= 0.3 is 19.8 Å². The van der Waals surface area contributed by atoms with E-state index in [0.29, 0.717) is 0 Å². The number of aliphatic hydroxyl groups is 1. The molecule has 1 nitrogen and oxygen atoms in total. The second kappa shape index (κ2) is 2.72. The van der Waals surface area contributed by atoms with E-state index in [4.69, 9.17) is 5.11 Å². The van der Waals surface area contributed by atoms with E-state index in [-0.39, 0.29) is 22.6 Å². The molecule has 0 radical (unpaired) electrons. The predicted octanol–water partition coefficient (Wildman–Crippen LogP) is -0.182. The van der Waals surface area contributed by atoms with Crippen LogP contribution in [-0.2, 0) is 0 Å². The molecule has 42 valence electrons. The van der Waals surface area contributed by atoms with E-state index in [0.717, 1.165) is 0 Å². The van der Waals surface area contributed by atoms with Crippen LogP contribution >= 0.6 is 0 Å². The van der Waals surface area contributed by atoms with Crippen molar-refractivity contribution in [3.8, 4) is 0 Å². The summed E-state index contributed by atoms with van der Waals surface area (Å²) in [7, 11) is 0. The van der Waals surface area contributed by atoms with Gasteiger partial charge in [-0.15, -0.1) is 0 Å². The van der Waals surface area contributed by atoms with E-state index in [1.807, 2.05) is 0 Å². The maximum atomic E-state index is 8.52. The molecule has 0 spiro atoms. The van der Waals surface area contributed by atoms with Gasteiger partial charge in [0.05, 0.1) is 5.60 Å². The Bertz CT molecular complexity index is 29.5. The molecule has 0 aromatic heterocycles. The van der Waals surface area contributed by atoms with Crippen molar-refractivity contribution in [1.82, 2.24) is 0 Å². The Balaban J connectivity index is -0.0000000267. The van der Waals surface area contributed by atoms with Crippen LogP contribution in [0, 0.1) is 0 Å². The molecule has 1 N–H and O–H groups in total. The van der Waals surface area contributed by atoms with Gasteiger partial charge in [-0.3, -0.25) is 0 Å². The minimum atomic E-state index is -0.500. The zero-order valence-electron chi connectivity index (χ0n) is 5.95. The van der Waals surface area contributed by atoms with Gasteiger partial charge in [0.2, 0.25) is 0 Å². The molecule has 0 amide bonds. The molecule has 0 aromatic carbocycles. The first-order valence-corrected chi connectivity index (χ1v) is 1.72. The van der Waals surface area contributed by atoms with Crippen LogP contribution in [0.1, 0.15) is 23.6 Å². The molecule has 6 heavy (non-hydrogen) atoms. The van der Waals surface area contributed by atoms with Crippen molar-refractivity contribution in [3.05, 3.63) is 0 Å². The van der Waals surface area contributed by atoms with Crippen molar-refractivity contribution in [2.45, 2.75) is 26.4 Å². The number of rotatable bonds is 0. The monoisotopic (exact) mass is 148 g/mol. The average molecular weight is 149 g/mol. The average Bonchev–Trinajstić information content (AvgIpc) is 0.722. The Hall–Kier alpha value is 0.596. The van der Waals surface area contributed by atoms with Crippen LogP contribution in [0.15, 0.2) is 0 Å². The van der Waals surface area contributed by atoms with Gasteiger partial charge in [-0.1, -0.05) is 0 Å². The van der Waals surface area contributed by atoms with Gasteiger partial charge in [0.1, 0.15) is 0 Å². The second-order valence-corrected chi connectivity index (χ2v) is 2.17. The molecule has 0 saturated heterocycles. The largest absolute Gasteiger partial charge is 1.00 e. The molecule has 0 aliphatic heterocycles. The molecule has 0 rings (SSSR count). The zero-order chi connectivity index (χ0) is 4.50. The summed E-state index contributed by atoms with van der Waals surface area (Å²) in [4.78, 5) is 0. The van der Waals surface area contributed by atoms with E-state index < -0.39 is 5.60 Å². The van der Waals surface area contributed by atoms with Gasteiger partial charge < -0.3 is 7.96 Å². The van der Waals surface area contributed by atoms with Crippen LogP contribution in [0.5, 0.6) is 0 Å². The van der Waals surface area contributed by atoms with Crippen LogP contribution in [0.4, 0.5) is 0 Å². The minimum Gasteiger partial charge on any atom is -1.00 e. The van der Waals surface area contributed by atoms with Gasteiger partial charge in [-0.2, -0.15) is 0 Å². The molecule has 0 heterocycles. The predicted molar refractivity (Wildman–Crippen MR) is 34.1 cm³/mol. The maximum absolute atomic E-state index is 8.52. The van der Waals surface area contributed by atoms with Crippen LogP contribution < -0.4 is 0 Å². The zero-order valence-corrected chi connectivity index (χ0v) is 3.95. The van der Waals surface area contributed by atoms with Gasteiger partial charge in [0.15, 0.2) is 0 Å². The van der Waals surface area contributed by atoms with Gasteiger partial charge in [-0.05, 0) is 20.8 Å². The molecule has 0 unspecified atom stereocenters. The smallest absolute Gasteiger partial charge is 1.00 e. The van der Waals surface area contributed by atoms with Gasteiger partial charge in [0, 0.05) is 0 Å². The molecule has 0 aliphatic carbocycles. The molecule has 0 bridgehead atoms. The Morgan fingerprint density at radius 3 is 1.33 bits per heavy atom. The fraction of sp³-hybridized carbons (Fsp3) is 1.00. The third-order valence-corrected chi connectivity index (χ3v) is 0. The summed E-state index contributed by atoms with van der Waals surface area (Å²) >= 11 is 0. The van der Waals surface area contributed by atoms with Crippen molar-refractivity contribution >= 4 is 19.8 Å². The van der Waals surface area contributed by atoms with Crippen molar-refractivity contribution in [2.24, 2.45) is 0 Å². The third kappa shape index (κ3) is 167. The summed E-state index contributed by atoms with van der Waals surface area (Å²) < 4.78 is 0. The Labute approximate surface area is 54.8 Å². The van der Waals surface area contributed by atoms with E-state index in [2.05, 4.69) is 0 Å². The SMILES string of the molecule is CC(C)(C)O.[GaH3].[H-].[H-]. The first kappa shape index (κ1) is 9.78. The molecule has 0 aliphatic rings. The summed E-state index contributed by atoms with van der Waals surface area (Å²) in [6.07, 6.45) is 0. The summed E-state index contributed by atoms with van der Waals surface area (Å²) in [6, 6.07) is 0. The van der Waals surface area contributed by atoms with Crippen molar-refractivity contribution in [3.63, 3.8) is 0 Å². The first-order valence-electron chi connectivity index (χ1n) is 1.72. The molecule has 0 saturated carbocycles. The van der Waals surface area contributed by atoms with Crippen LogP contribution in [0.2, 0.25) is 0 Å². The number of hydrogen-bond acceptors (Lipinski definition) is 1. The first-order chi connectivity index (χ1) is 2.00. The Kier molecular flexibility index (Phi) is 4.43. The quantitative estimate of drug-likeness (QED) is 0.473. The second-order valence-electron chi connectivity index (χ2n) is 2.17. The maximum Gasteiger partial charge on any atom is -1.00 e. The molecular weight excluding hydrogens is 134 g/mol. The fourth-order valence-electron chi connectivity index (χ4n) is 0. The van der Waals surface area contributed by atoms with Gasteiger partial charge in [0.25, 0.3) is 0 Å². The van der Waals surface area contributed by atoms with Crippen molar-refractivity contribution < 1.29 is 7.96 Å². The summed E-state index contributed by atoms with van der Waals surface area (Å²) in [5, 5.41) is 8.52. The van der Waals surface area contributed by atoms with E-state index >= 15 is 0 Å². The summed E-state index contributed by atoms with van der Waals surface area (Å²) in [5.41, 5.74) is -0.500. The number of hydrogen-bond donors (Lipinski definition) is 1. The fourth-order valence-corrected chi connectivity index (χ4v) is 0. The summed E-state index contributed by atoms with van der Waals surface area (Å²) in [5.74, 6) is 0. The topological polar surface area (TPSA) is 20.2 Å². The molecule has 2 heteroatoms. The Morgan fingerprint density at radius 1 is 1.33 bits per heavy atom.